The van der Waals surface area contributed by atoms with Gasteiger partial charge in [-0.2, -0.15) is 0 Å². The number of hydrogen-bond acceptors (Lipinski definition) is 4. The van der Waals surface area contributed by atoms with Crippen molar-refractivity contribution in [1.29, 1.82) is 0 Å². The highest BCUT2D eigenvalue weighted by molar-refractivity contribution is 6.32. The van der Waals surface area contributed by atoms with Crippen molar-refractivity contribution in [2.45, 2.75) is 6.92 Å². The van der Waals surface area contributed by atoms with Gasteiger partial charge in [0.05, 0.1) is 18.2 Å². The molecule has 1 N–H and O–H groups in total. The van der Waals surface area contributed by atoms with Gasteiger partial charge in [0.25, 0.3) is 0 Å². The number of halogens is 1. The summed E-state index contributed by atoms with van der Waals surface area (Å²) in [4.78, 5) is 2.41. The lowest BCUT2D eigenvalue weighted by Gasteiger charge is -2.26. The number of piperazine rings is 1. The Bertz CT molecular complexity index is 409. The second kappa shape index (κ2) is 8.47. The topological polar surface area (TPSA) is 33.7 Å². The molecule has 0 saturated carbocycles. The third kappa shape index (κ3) is 5.29. The molecule has 1 saturated heterocycles. The first-order valence-corrected chi connectivity index (χ1v) is 7.53. The first-order valence-electron chi connectivity index (χ1n) is 7.15. The van der Waals surface area contributed by atoms with Crippen molar-refractivity contribution < 1.29 is 9.47 Å². The SMILES string of the molecule is Cc1ccc(OCCOCCN2CCNCC2)c(Cl)c1. The van der Waals surface area contributed by atoms with E-state index in [1.807, 2.05) is 25.1 Å². The summed E-state index contributed by atoms with van der Waals surface area (Å²) in [6.45, 7) is 9.26. The molecule has 0 unspecified atom stereocenters. The number of rotatable bonds is 7. The highest BCUT2D eigenvalue weighted by Gasteiger charge is 2.08. The molecule has 0 aromatic heterocycles. The average Bonchev–Trinajstić information content (AvgIpc) is 2.46. The normalized spacial score (nSPS) is 16.3. The molecule has 0 aliphatic carbocycles. The Morgan fingerprint density at radius 3 is 2.75 bits per heavy atom. The van der Waals surface area contributed by atoms with Crippen LogP contribution in [0.25, 0.3) is 0 Å². The van der Waals surface area contributed by atoms with Crippen LogP contribution in [0.3, 0.4) is 0 Å². The second-order valence-corrected chi connectivity index (χ2v) is 5.39. The van der Waals surface area contributed by atoms with E-state index in [0.29, 0.717) is 18.2 Å². The maximum absolute atomic E-state index is 6.09. The standard InChI is InChI=1S/C15H23ClN2O2/c1-13-2-3-15(14(16)12-13)20-11-10-19-9-8-18-6-4-17-5-7-18/h2-3,12,17H,4-11H2,1H3. The third-order valence-corrected chi connectivity index (χ3v) is 3.63. The fraction of sp³-hybridized carbons (Fsp3) is 0.600. The fourth-order valence-electron chi connectivity index (χ4n) is 2.16. The molecule has 1 aromatic carbocycles. The van der Waals surface area contributed by atoms with Crippen molar-refractivity contribution in [2.75, 3.05) is 52.5 Å². The van der Waals surface area contributed by atoms with Gasteiger partial charge in [0, 0.05) is 32.7 Å². The highest BCUT2D eigenvalue weighted by atomic mass is 35.5. The lowest BCUT2D eigenvalue weighted by molar-refractivity contribution is 0.0768. The van der Waals surface area contributed by atoms with Crippen LogP contribution < -0.4 is 10.1 Å². The molecule has 0 atom stereocenters. The Balaban J connectivity index is 1.55. The van der Waals surface area contributed by atoms with Gasteiger partial charge in [0.1, 0.15) is 12.4 Å². The Kier molecular flexibility index (Phi) is 6.60. The lowest BCUT2D eigenvalue weighted by Crippen LogP contribution is -2.44. The number of ether oxygens (including phenoxy) is 2. The van der Waals surface area contributed by atoms with Crippen LogP contribution in [-0.4, -0.2) is 57.4 Å². The van der Waals surface area contributed by atoms with Gasteiger partial charge in [-0.15, -0.1) is 0 Å². The predicted molar refractivity (Wildman–Crippen MR) is 81.8 cm³/mol. The van der Waals surface area contributed by atoms with E-state index < -0.39 is 0 Å². The Hall–Kier alpha value is -0.810. The van der Waals surface area contributed by atoms with E-state index in [1.165, 1.54) is 0 Å². The molecule has 5 heteroatoms. The largest absolute Gasteiger partial charge is 0.490 e. The molecule has 112 valence electrons. The van der Waals surface area contributed by atoms with Gasteiger partial charge in [-0.3, -0.25) is 4.90 Å². The van der Waals surface area contributed by atoms with Crippen LogP contribution in [0.15, 0.2) is 18.2 Å². The molecule has 1 fully saturated rings. The minimum Gasteiger partial charge on any atom is -0.490 e. The predicted octanol–water partition coefficient (Wildman–Crippen LogP) is 1.95. The zero-order valence-corrected chi connectivity index (χ0v) is 12.8. The molecule has 0 radical (unpaired) electrons. The summed E-state index contributed by atoms with van der Waals surface area (Å²) >= 11 is 6.09. The molecule has 1 aliphatic heterocycles. The Morgan fingerprint density at radius 2 is 2.00 bits per heavy atom. The zero-order chi connectivity index (χ0) is 14.2. The van der Waals surface area contributed by atoms with Gasteiger partial charge < -0.3 is 14.8 Å². The summed E-state index contributed by atoms with van der Waals surface area (Å²) in [7, 11) is 0. The van der Waals surface area contributed by atoms with Crippen LogP contribution in [0.4, 0.5) is 0 Å². The molecule has 0 amide bonds. The monoisotopic (exact) mass is 298 g/mol. The minimum absolute atomic E-state index is 0.532. The van der Waals surface area contributed by atoms with Crippen molar-refractivity contribution >= 4 is 11.6 Å². The highest BCUT2D eigenvalue weighted by Crippen LogP contribution is 2.24. The number of nitrogens with zero attached hydrogens (tertiary/aromatic N) is 1. The molecule has 0 spiro atoms. The summed E-state index contributed by atoms with van der Waals surface area (Å²) in [5.41, 5.74) is 1.13. The summed E-state index contributed by atoms with van der Waals surface area (Å²) < 4.78 is 11.2. The van der Waals surface area contributed by atoms with Crippen LogP contribution in [0.2, 0.25) is 5.02 Å². The molecule has 4 nitrogen and oxygen atoms in total. The molecule has 20 heavy (non-hydrogen) atoms. The van der Waals surface area contributed by atoms with Gasteiger partial charge in [-0.05, 0) is 24.6 Å². The number of hydrogen-bond donors (Lipinski definition) is 1. The van der Waals surface area contributed by atoms with E-state index >= 15 is 0 Å². The van der Waals surface area contributed by atoms with E-state index in [4.69, 9.17) is 21.1 Å². The maximum Gasteiger partial charge on any atom is 0.138 e. The van der Waals surface area contributed by atoms with Crippen molar-refractivity contribution in [3.8, 4) is 5.75 Å². The van der Waals surface area contributed by atoms with Gasteiger partial charge in [0.2, 0.25) is 0 Å². The minimum atomic E-state index is 0.532. The van der Waals surface area contributed by atoms with Gasteiger partial charge in [-0.1, -0.05) is 17.7 Å². The molecule has 0 bridgehead atoms. The summed E-state index contributed by atoms with van der Waals surface area (Å²) in [6, 6.07) is 5.80. The molecule has 1 aliphatic rings. The van der Waals surface area contributed by atoms with Crippen LogP contribution in [-0.2, 0) is 4.74 Å². The Morgan fingerprint density at radius 1 is 1.20 bits per heavy atom. The third-order valence-electron chi connectivity index (χ3n) is 3.33. The Labute approximate surface area is 126 Å². The van der Waals surface area contributed by atoms with Crippen molar-refractivity contribution in [2.24, 2.45) is 0 Å². The van der Waals surface area contributed by atoms with E-state index in [2.05, 4.69) is 10.2 Å². The first kappa shape index (κ1) is 15.6. The number of nitrogens with one attached hydrogen (secondary N) is 1. The molecule has 2 rings (SSSR count). The molecular weight excluding hydrogens is 276 g/mol. The zero-order valence-electron chi connectivity index (χ0n) is 12.0. The van der Waals surface area contributed by atoms with Gasteiger partial charge in [-0.25, -0.2) is 0 Å². The van der Waals surface area contributed by atoms with E-state index in [9.17, 15) is 0 Å². The van der Waals surface area contributed by atoms with Crippen molar-refractivity contribution in [3.63, 3.8) is 0 Å². The first-order chi connectivity index (χ1) is 9.75. The second-order valence-electron chi connectivity index (χ2n) is 4.99. The van der Waals surface area contributed by atoms with Crippen LogP contribution in [0, 0.1) is 6.92 Å². The van der Waals surface area contributed by atoms with Crippen LogP contribution >= 0.6 is 11.6 Å². The summed E-state index contributed by atoms with van der Waals surface area (Å²) in [5.74, 6) is 0.725. The average molecular weight is 299 g/mol. The van der Waals surface area contributed by atoms with E-state index in [-0.39, 0.29) is 0 Å². The van der Waals surface area contributed by atoms with Gasteiger partial charge in [0.15, 0.2) is 0 Å². The van der Waals surface area contributed by atoms with Crippen LogP contribution in [0.5, 0.6) is 5.75 Å². The van der Waals surface area contributed by atoms with E-state index in [0.717, 1.165) is 50.6 Å². The summed E-state index contributed by atoms with van der Waals surface area (Å²) in [5, 5.41) is 4.00. The number of benzene rings is 1. The van der Waals surface area contributed by atoms with Crippen molar-refractivity contribution in [3.05, 3.63) is 28.8 Å². The molecule has 1 aromatic rings. The van der Waals surface area contributed by atoms with Crippen LogP contribution in [0.1, 0.15) is 5.56 Å². The van der Waals surface area contributed by atoms with Crippen molar-refractivity contribution in [1.82, 2.24) is 10.2 Å². The maximum atomic E-state index is 6.09. The smallest absolute Gasteiger partial charge is 0.138 e. The fourth-order valence-corrected chi connectivity index (χ4v) is 2.45. The summed E-state index contributed by atoms with van der Waals surface area (Å²) in [6.07, 6.45) is 0. The quantitative estimate of drug-likeness (QED) is 0.780. The molecule has 1 heterocycles. The van der Waals surface area contributed by atoms with Gasteiger partial charge >= 0.3 is 0 Å². The van der Waals surface area contributed by atoms with E-state index in [1.54, 1.807) is 0 Å². The lowest BCUT2D eigenvalue weighted by atomic mass is 10.2. The molecular formula is C15H23ClN2O2. The number of aryl methyl sites for hydroxylation is 1.